The summed E-state index contributed by atoms with van der Waals surface area (Å²) in [5, 5.41) is 7.44. The molecule has 9 heteroatoms. The van der Waals surface area contributed by atoms with Crippen molar-refractivity contribution in [3.63, 3.8) is 0 Å². The molecular weight excluding hydrogens is 441 g/mol. The second-order valence-corrected chi connectivity index (χ2v) is 8.10. The average molecular weight is 458 g/mol. The lowest BCUT2D eigenvalue weighted by Crippen LogP contribution is -2.49. The highest BCUT2D eigenvalue weighted by atomic mass is 35.5. The number of carbonyl (C=O) groups excluding carboxylic acids is 3. The molecule has 31 heavy (non-hydrogen) atoms. The summed E-state index contributed by atoms with van der Waals surface area (Å²) in [5.74, 6) is -1.48. The van der Waals surface area contributed by atoms with Crippen LogP contribution in [0, 0.1) is 0 Å². The maximum atomic E-state index is 13.5. The number of hydrogen-bond acceptors (Lipinski definition) is 5. The zero-order chi connectivity index (χ0) is 22.3. The molecule has 4 rings (SSSR count). The number of nitrogens with one attached hydrogen (secondary N) is 1. The first kappa shape index (κ1) is 21.1. The molecule has 0 radical (unpaired) electrons. The van der Waals surface area contributed by atoms with Crippen LogP contribution >= 0.6 is 23.2 Å². The van der Waals surface area contributed by atoms with Crippen LogP contribution in [0.5, 0.6) is 0 Å². The van der Waals surface area contributed by atoms with E-state index in [1.165, 1.54) is 11.8 Å². The number of rotatable bonds is 4. The van der Waals surface area contributed by atoms with E-state index < -0.39 is 17.5 Å². The van der Waals surface area contributed by atoms with Gasteiger partial charge < -0.3 is 10.2 Å². The Labute approximate surface area is 188 Å². The van der Waals surface area contributed by atoms with Gasteiger partial charge >= 0.3 is 0 Å². The Balaban J connectivity index is 1.77. The van der Waals surface area contributed by atoms with Crippen LogP contribution in [0.2, 0.25) is 10.0 Å². The Morgan fingerprint density at radius 2 is 1.81 bits per heavy atom. The van der Waals surface area contributed by atoms with Crippen LogP contribution in [0.3, 0.4) is 0 Å². The number of Topliss-reactive ketones (excluding diaryl/α,β-unsaturated/α-hetero) is 1. The van der Waals surface area contributed by atoms with Gasteiger partial charge in [-0.2, -0.15) is 0 Å². The summed E-state index contributed by atoms with van der Waals surface area (Å²) >= 11 is 12.1. The molecule has 2 aromatic carbocycles. The van der Waals surface area contributed by atoms with Crippen molar-refractivity contribution in [1.29, 1.82) is 0 Å². The van der Waals surface area contributed by atoms with Gasteiger partial charge in [-0.3, -0.25) is 19.3 Å². The largest absolute Gasteiger partial charge is 0.361 e. The number of nitrogens with zero attached hydrogens (tertiary/aromatic N) is 2. The lowest BCUT2D eigenvalue weighted by molar-refractivity contribution is -0.121. The molecule has 2 aliphatic rings. The number of carbonyl (C=O) groups is 3. The minimum absolute atomic E-state index is 0.0143. The lowest BCUT2D eigenvalue weighted by Gasteiger charge is -2.33. The fourth-order valence-electron chi connectivity index (χ4n) is 3.70. The summed E-state index contributed by atoms with van der Waals surface area (Å²) in [6.45, 7) is 2.99. The number of halogens is 2. The van der Waals surface area contributed by atoms with Crippen molar-refractivity contribution in [1.82, 2.24) is 0 Å². The molecule has 0 fully saturated rings. The van der Waals surface area contributed by atoms with Gasteiger partial charge in [0.15, 0.2) is 5.78 Å². The minimum Gasteiger partial charge on any atom is -0.361 e. The van der Waals surface area contributed by atoms with E-state index in [-0.39, 0.29) is 23.5 Å². The van der Waals surface area contributed by atoms with E-state index in [4.69, 9.17) is 28.0 Å². The summed E-state index contributed by atoms with van der Waals surface area (Å²) in [4.78, 5) is 45.5. The van der Waals surface area contributed by atoms with Crippen molar-refractivity contribution in [3.8, 4) is 0 Å². The SMILES string of the molecule is CC(=O)C1=NOC2(C1)C(C)=C(C(=O)Nc1cccc(Cl)c1)C(=O)N2c1cccc(Cl)c1. The predicted octanol–water partition coefficient (Wildman–Crippen LogP) is 4.36. The normalized spacial score (nSPS) is 20.2. The van der Waals surface area contributed by atoms with E-state index in [1.54, 1.807) is 55.5 Å². The van der Waals surface area contributed by atoms with Gasteiger partial charge in [0.1, 0.15) is 11.3 Å². The van der Waals surface area contributed by atoms with Gasteiger partial charge in [-0.05, 0) is 43.3 Å². The van der Waals surface area contributed by atoms with Crippen LogP contribution in [0.1, 0.15) is 20.3 Å². The van der Waals surface area contributed by atoms with Crippen molar-refractivity contribution in [3.05, 3.63) is 69.7 Å². The average Bonchev–Trinajstić information content (AvgIpc) is 3.23. The summed E-state index contributed by atoms with van der Waals surface area (Å²) in [7, 11) is 0. The number of oxime groups is 1. The van der Waals surface area contributed by atoms with E-state index in [1.807, 2.05) is 0 Å². The molecular formula is C22H17Cl2N3O4. The zero-order valence-electron chi connectivity index (χ0n) is 16.6. The molecule has 0 bridgehead atoms. The fourth-order valence-corrected chi connectivity index (χ4v) is 4.07. The minimum atomic E-state index is -1.43. The first-order valence-electron chi connectivity index (χ1n) is 9.37. The smallest absolute Gasteiger partial charge is 0.267 e. The van der Waals surface area contributed by atoms with E-state index in [0.29, 0.717) is 27.0 Å². The number of amides is 2. The first-order valence-corrected chi connectivity index (χ1v) is 10.1. The van der Waals surface area contributed by atoms with Crippen LogP contribution in [0.25, 0.3) is 0 Å². The topological polar surface area (TPSA) is 88.1 Å². The third kappa shape index (κ3) is 3.60. The monoisotopic (exact) mass is 457 g/mol. The lowest BCUT2D eigenvalue weighted by atomic mass is 9.95. The Kier molecular flexibility index (Phi) is 5.33. The third-order valence-electron chi connectivity index (χ3n) is 5.24. The molecule has 7 nitrogen and oxygen atoms in total. The number of ketones is 1. The van der Waals surface area contributed by atoms with Gasteiger partial charge in [0.25, 0.3) is 11.8 Å². The molecule has 2 aliphatic heterocycles. The summed E-state index contributed by atoms with van der Waals surface area (Å²) in [6.07, 6.45) is 0.0143. The van der Waals surface area contributed by atoms with Crippen LogP contribution < -0.4 is 10.2 Å². The van der Waals surface area contributed by atoms with Gasteiger partial charge in [0, 0.05) is 33.9 Å². The van der Waals surface area contributed by atoms with Crippen LogP contribution in [-0.2, 0) is 19.2 Å². The quantitative estimate of drug-likeness (QED) is 0.690. The van der Waals surface area contributed by atoms with Gasteiger partial charge in [0.2, 0.25) is 5.72 Å². The van der Waals surface area contributed by atoms with E-state index in [2.05, 4.69) is 10.5 Å². The Hall–Kier alpha value is -3.16. The highest BCUT2D eigenvalue weighted by Gasteiger charge is 2.58. The molecule has 158 valence electrons. The van der Waals surface area contributed by atoms with E-state index >= 15 is 0 Å². The van der Waals surface area contributed by atoms with Crippen molar-refractivity contribution < 1.29 is 19.2 Å². The number of benzene rings is 2. The maximum absolute atomic E-state index is 13.5. The Bertz CT molecular complexity index is 1190. The summed E-state index contributed by atoms with van der Waals surface area (Å²) < 4.78 is 0. The van der Waals surface area contributed by atoms with Gasteiger partial charge in [-0.25, -0.2) is 0 Å². The molecule has 1 N–H and O–H groups in total. The molecule has 0 aliphatic carbocycles. The predicted molar refractivity (Wildman–Crippen MR) is 118 cm³/mol. The molecule has 2 amide bonds. The number of anilines is 2. The van der Waals surface area contributed by atoms with Crippen LogP contribution in [0.15, 0.2) is 64.8 Å². The highest BCUT2D eigenvalue weighted by molar-refractivity contribution is 6.40. The molecule has 2 aromatic rings. The molecule has 0 saturated heterocycles. The summed E-state index contributed by atoms with van der Waals surface area (Å²) in [6, 6.07) is 13.2. The van der Waals surface area contributed by atoms with Crippen LogP contribution in [-0.4, -0.2) is 29.0 Å². The molecule has 2 heterocycles. The third-order valence-corrected chi connectivity index (χ3v) is 5.71. The second kappa shape index (κ2) is 7.83. The summed E-state index contributed by atoms with van der Waals surface area (Å²) in [5.41, 5.74) is -0.145. The molecule has 1 atom stereocenters. The van der Waals surface area contributed by atoms with Gasteiger partial charge in [-0.15, -0.1) is 0 Å². The molecule has 1 unspecified atom stereocenters. The molecule has 0 aromatic heterocycles. The Morgan fingerprint density at radius 3 is 2.42 bits per heavy atom. The van der Waals surface area contributed by atoms with Crippen molar-refractivity contribution in [2.75, 3.05) is 10.2 Å². The molecule has 1 spiro atoms. The zero-order valence-corrected chi connectivity index (χ0v) is 18.1. The fraction of sp³-hybridized carbons (Fsp3) is 0.182. The standard InChI is InChI=1S/C22H17Cl2N3O4/c1-12-19(20(29)25-16-7-3-5-14(23)9-16)21(30)27(17-8-4-6-15(24)10-17)22(12)11-18(13(2)28)26-31-22/h3-10H,11H2,1-2H3,(H,25,29). The van der Waals surface area contributed by atoms with Gasteiger partial charge in [0.05, 0.1) is 6.42 Å². The van der Waals surface area contributed by atoms with Crippen molar-refractivity contribution in [2.45, 2.75) is 26.0 Å². The van der Waals surface area contributed by atoms with Crippen molar-refractivity contribution >= 4 is 57.9 Å². The first-order chi connectivity index (χ1) is 14.7. The van der Waals surface area contributed by atoms with Crippen LogP contribution in [0.4, 0.5) is 11.4 Å². The Morgan fingerprint density at radius 1 is 1.13 bits per heavy atom. The second-order valence-electron chi connectivity index (χ2n) is 7.23. The van der Waals surface area contributed by atoms with Gasteiger partial charge in [-0.1, -0.05) is 40.5 Å². The van der Waals surface area contributed by atoms with E-state index in [0.717, 1.165) is 0 Å². The number of hydrogen-bond donors (Lipinski definition) is 1. The van der Waals surface area contributed by atoms with Crippen molar-refractivity contribution in [2.24, 2.45) is 5.16 Å². The molecule has 0 saturated carbocycles. The maximum Gasteiger partial charge on any atom is 0.267 e. The van der Waals surface area contributed by atoms with E-state index in [9.17, 15) is 14.4 Å². The highest BCUT2D eigenvalue weighted by Crippen LogP contribution is 2.46.